The van der Waals surface area contributed by atoms with Crippen molar-refractivity contribution in [3.05, 3.63) is 63.6 Å². The Morgan fingerprint density at radius 1 is 1.06 bits per heavy atom. The zero-order valence-corrected chi connectivity index (χ0v) is 11.3. The summed E-state index contributed by atoms with van der Waals surface area (Å²) in [5.74, 6) is 0. The maximum absolute atomic E-state index is 5.91. The number of hydrazone groups is 1. The van der Waals surface area contributed by atoms with Crippen LogP contribution in [-0.2, 0) is 0 Å². The fourth-order valence-corrected chi connectivity index (χ4v) is 1.77. The molecular formula is C14H12Cl2N2. The van der Waals surface area contributed by atoms with Crippen LogP contribution in [0.1, 0.15) is 11.1 Å². The quantitative estimate of drug-likeness (QED) is 0.636. The second-order valence-corrected chi connectivity index (χ2v) is 4.67. The Morgan fingerprint density at radius 2 is 1.83 bits per heavy atom. The van der Waals surface area contributed by atoms with Gasteiger partial charge in [-0.05, 0) is 36.2 Å². The molecular weight excluding hydrogens is 267 g/mol. The van der Waals surface area contributed by atoms with Crippen LogP contribution in [0.2, 0.25) is 10.0 Å². The summed E-state index contributed by atoms with van der Waals surface area (Å²) in [5.41, 5.74) is 5.97. The molecule has 18 heavy (non-hydrogen) atoms. The molecule has 4 heteroatoms. The van der Waals surface area contributed by atoms with Gasteiger partial charge >= 0.3 is 0 Å². The molecule has 2 aromatic rings. The van der Waals surface area contributed by atoms with E-state index in [2.05, 4.69) is 10.5 Å². The van der Waals surface area contributed by atoms with E-state index in [-0.39, 0.29) is 0 Å². The first-order valence-corrected chi connectivity index (χ1v) is 6.22. The highest BCUT2D eigenvalue weighted by atomic mass is 35.5. The van der Waals surface area contributed by atoms with Crippen LogP contribution in [0.3, 0.4) is 0 Å². The fourth-order valence-electron chi connectivity index (χ4n) is 1.47. The van der Waals surface area contributed by atoms with Crippen LogP contribution in [0.5, 0.6) is 0 Å². The Bertz CT molecular complexity index is 580. The molecule has 92 valence electrons. The van der Waals surface area contributed by atoms with Crippen molar-refractivity contribution < 1.29 is 0 Å². The number of hydrogen-bond donors (Lipinski definition) is 1. The van der Waals surface area contributed by atoms with Crippen molar-refractivity contribution in [3.8, 4) is 0 Å². The first-order valence-electron chi connectivity index (χ1n) is 5.46. The number of nitrogens with zero attached hydrogens (tertiary/aromatic N) is 1. The minimum atomic E-state index is 0.507. The summed E-state index contributed by atoms with van der Waals surface area (Å²) in [6.07, 6.45) is 1.78. The van der Waals surface area contributed by atoms with E-state index >= 15 is 0 Å². The smallest absolute Gasteiger partial charge is 0.0613 e. The van der Waals surface area contributed by atoms with Crippen LogP contribution in [0.15, 0.2) is 47.6 Å². The molecule has 0 radical (unpaired) electrons. The van der Waals surface area contributed by atoms with Gasteiger partial charge in [-0.25, -0.2) is 0 Å². The summed E-state index contributed by atoms with van der Waals surface area (Å²) in [7, 11) is 0. The standard InChI is InChI=1S/C14H12Cl2N2/c1-10-4-2-3-5-11(10)9-17-18-12-6-7-13(15)14(16)8-12/h2-9,18H,1H3. The van der Waals surface area contributed by atoms with Crippen LogP contribution in [-0.4, -0.2) is 6.21 Å². The van der Waals surface area contributed by atoms with Crippen LogP contribution < -0.4 is 5.43 Å². The van der Waals surface area contributed by atoms with Gasteiger partial charge in [-0.15, -0.1) is 0 Å². The van der Waals surface area contributed by atoms with Gasteiger partial charge in [0.1, 0.15) is 0 Å². The Balaban J connectivity index is 2.07. The SMILES string of the molecule is Cc1ccccc1C=NNc1ccc(Cl)c(Cl)c1. The van der Waals surface area contributed by atoms with Gasteiger partial charge in [-0.3, -0.25) is 5.43 Å². The lowest BCUT2D eigenvalue weighted by Gasteiger charge is -2.02. The van der Waals surface area contributed by atoms with Crippen molar-refractivity contribution >= 4 is 35.1 Å². The van der Waals surface area contributed by atoms with E-state index in [4.69, 9.17) is 23.2 Å². The molecule has 0 saturated heterocycles. The topological polar surface area (TPSA) is 24.4 Å². The zero-order chi connectivity index (χ0) is 13.0. The van der Waals surface area contributed by atoms with Gasteiger partial charge in [0, 0.05) is 0 Å². The average molecular weight is 279 g/mol. The second-order valence-electron chi connectivity index (χ2n) is 3.86. The van der Waals surface area contributed by atoms with E-state index < -0.39 is 0 Å². The highest BCUT2D eigenvalue weighted by molar-refractivity contribution is 6.42. The molecule has 0 unspecified atom stereocenters. The number of benzene rings is 2. The summed E-state index contributed by atoms with van der Waals surface area (Å²) < 4.78 is 0. The largest absolute Gasteiger partial charge is 0.278 e. The molecule has 0 aliphatic carbocycles. The summed E-state index contributed by atoms with van der Waals surface area (Å²) in [5, 5.41) is 5.21. The molecule has 0 heterocycles. The molecule has 0 aliphatic heterocycles. The Labute approximate surface area is 116 Å². The average Bonchev–Trinajstić information content (AvgIpc) is 2.36. The second kappa shape index (κ2) is 5.89. The van der Waals surface area contributed by atoms with Gasteiger partial charge < -0.3 is 0 Å². The number of halogens is 2. The highest BCUT2D eigenvalue weighted by Crippen LogP contribution is 2.24. The Kier molecular flexibility index (Phi) is 4.24. The van der Waals surface area contributed by atoms with Crippen molar-refractivity contribution in [3.63, 3.8) is 0 Å². The molecule has 0 saturated carbocycles. The lowest BCUT2D eigenvalue weighted by molar-refractivity contribution is 1.34. The van der Waals surface area contributed by atoms with E-state index in [0.29, 0.717) is 10.0 Å². The summed E-state index contributed by atoms with van der Waals surface area (Å²) >= 11 is 11.7. The van der Waals surface area contributed by atoms with Crippen LogP contribution in [0.25, 0.3) is 0 Å². The predicted octanol–water partition coefficient (Wildman–Crippen LogP) is 4.75. The minimum Gasteiger partial charge on any atom is -0.278 e. The van der Waals surface area contributed by atoms with Gasteiger partial charge in [-0.2, -0.15) is 5.10 Å². The molecule has 0 amide bonds. The van der Waals surface area contributed by atoms with E-state index in [1.807, 2.05) is 37.3 Å². The minimum absolute atomic E-state index is 0.507. The first-order chi connectivity index (χ1) is 8.66. The van der Waals surface area contributed by atoms with Crippen molar-refractivity contribution in [2.24, 2.45) is 5.10 Å². The monoisotopic (exact) mass is 278 g/mol. The van der Waals surface area contributed by atoms with Crippen LogP contribution in [0.4, 0.5) is 5.69 Å². The molecule has 2 nitrogen and oxygen atoms in total. The van der Waals surface area contributed by atoms with E-state index in [1.165, 1.54) is 5.56 Å². The number of anilines is 1. The molecule has 2 rings (SSSR count). The van der Waals surface area contributed by atoms with Gasteiger partial charge in [-0.1, -0.05) is 47.5 Å². The zero-order valence-electron chi connectivity index (χ0n) is 9.82. The lowest BCUT2D eigenvalue weighted by Crippen LogP contribution is -1.92. The third kappa shape index (κ3) is 3.25. The third-order valence-corrected chi connectivity index (χ3v) is 3.24. The van der Waals surface area contributed by atoms with Crippen molar-refractivity contribution in [1.29, 1.82) is 0 Å². The van der Waals surface area contributed by atoms with E-state index in [0.717, 1.165) is 11.3 Å². The lowest BCUT2D eigenvalue weighted by atomic mass is 10.1. The van der Waals surface area contributed by atoms with Gasteiger partial charge in [0.2, 0.25) is 0 Å². The molecule has 0 spiro atoms. The van der Waals surface area contributed by atoms with Gasteiger partial charge in [0.05, 0.1) is 21.9 Å². The van der Waals surface area contributed by atoms with Crippen molar-refractivity contribution in [1.82, 2.24) is 0 Å². The highest BCUT2D eigenvalue weighted by Gasteiger charge is 1.98. The van der Waals surface area contributed by atoms with Gasteiger partial charge in [0.25, 0.3) is 0 Å². The number of nitrogens with one attached hydrogen (secondary N) is 1. The number of rotatable bonds is 3. The molecule has 1 N–H and O–H groups in total. The fraction of sp³-hybridized carbons (Fsp3) is 0.0714. The Morgan fingerprint density at radius 3 is 2.56 bits per heavy atom. The predicted molar refractivity (Wildman–Crippen MR) is 78.9 cm³/mol. The van der Waals surface area contributed by atoms with Crippen LogP contribution >= 0.6 is 23.2 Å². The number of aryl methyl sites for hydroxylation is 1. The molecule has 0 bridgehead atoms. The van der Waals surface area contributed by atoms with E-state index in [9.17, 15) is 0 Å². The summed E-state index contributed by atoms with van der Waals surface area (Å²) in [4.78, 5) is 0. The molecule has 0 aliphatic rings. The third-order valence-electron chi connectivity index (χ3n) is 2.51. The molecule has 0 atom stereocenters. The summed E-state index contributed by atoms with van der Waals surface area (Å²) in [6.45, 7) is 2.04. The van der Waals surface area contributed by atoms with E-state index in [1.54, 1.807) is 18.3 Å². The first kappa shape index (κ1) is 12.9. The molecule has 0 fully saturated rings. The van der Waals surface area contributed by atoms with Crippen molar-refractivity contribution in [2.45, 2.75) is 6.92 Å². The maximum Gasteiger partial charge on any atom is 0.0613 e. The normalized spacial score (nSPS) is 10.8. The Hall–Kier alpha value is -1.51. The summed E-state index contributed by atoms with van der Waals surface area (Å²) in [6, 6.07) is 13.3. The van der Waals surface area contributed by atoms with Crippen LogP contribution in [0, 0.1) is 6.92 Å². The molecule has 0 aromatic heterocycles. The molecule has 2 aromatic carbocycles. The maximum atomic E-state index is 5.91. The van der Waals surface area contributed by atoms with Gasteiger partial charge in [0.15, 0.2) is 0 Å². The van der Waals surface area contributed by atoms with Crippen molar-refractivity contribution in [2.75, 3.05) is 5.43 Å². The number of hydrogen-bond acceptors (Lipinski definition) is 2.